The van der Waals surface area contributed by atoms with Crippen molar-refractivity contribution >= 4 is 6.09 Å². The van der Waals surface area contributed by atoms with E-state index in [1.165, 1.54) is 0 Å². The van der Waals surface area contributed by atoms with Crippen LogP contribution in [0.2, 0.25) is 0 Å². The van der Waals surface area contributed by atoms with E-state index in [0.717, 1.165) is 31.4 Å². The van der Waals surface area contributed by atoms with E-state index in [-0.39, 0.29) is 0 Å². The minimum absolute atomic E-state index is 0.386. The highest BCUT2D eigenvalue weighted by atomic mass is 16.7. The number of aliphatic hydroxyl groups excluding tert-OH is 1. The van der Waals surface area contributed by atoms with Gasteiger partial charge in [0, 0.05) is 13.0 Å². The van der Waals surface area contributed by atoms with Gasteiger partial charge in [-0.2, -0.15) is 0 Å². The third-order valence-corrected chi connectivity index (χ3v) is 4.95. The maximum Gasteiger partial charge on any atom is 0.407 e. The molecule has 2 atom stereocenters. The lowest BCUT2D eigenvalue weighted by atomic mass is 10.0. The number of benzene rings is 1. The molecule has 2 rings (SSSR count). The van der Waals surface area contributed by atoms with Crippen molar-refractivity contribution in [3.05, 3.63) is 35.9 Å². The Hall–Kier alpha value is -1.67. The van der Waals surface area contributed by atoms with Crippen molar-refractivity contribution in [2.45, 2.75) is 76.9 Å². The van der Waals surface area contributed by atoms with Gasteiger partial charge in [0.2, 0.25) is 0 Å². The number of ether oxygens (including phenoxy) is 3. The number of carbonyl (C=O) groups is 1. The zero-order chi connectivity index (χ0) is 22.0. The van der Waals surface area contributed by atoms with E-state index >= 15 is 0 Å². The number of nitrogens with one attached hydrogen (secondary N) is 2. The third kappa shape index (κ3) is 9.43. The summed E-state index contributed by atoms with van der Waals surface area (Å²) in [5.41, 5.74) is 0.455. The largest absolute Gasteiger partial charge is 0.444 e. The quantitative estimate of drug-likeness (QED) is 0.475. The van der Waals surface area contributed by atoms with Crippen LogP contribution in [0.15, 0.2) is 30.3 Å². The van der Waals surface area contributed by atoms with Crippen LogP contribution in [-0.4, -0.2) is 61.0 Å². The number of hydrogen-bond donors (Lipinski definition) is 3. The van der Waals surface area contributed by atoms with Crippen LogP contribution in [-0.2, 0) is 20.6 Å². The monoisotopic (exact) mass is 422 g/mol. The molecule has 1 aromatic carbocycles. The average molecular weight is 423 g/mol. The number of alkyl carbamates (subject to hydrolysis) is 1. The Morgan fingerprint density at radius 2 is 1.87 bits per heavy atom. The summed E-state index contributed by atoms with van der Waals surface area (Å²) >= 11 is 0. The first-order valence-electron chi connectivity index (χ1n) is 10.9. The summed E-state index contributed by atoms with van der Waals surface area (Å²) in [4.78, 5) is 12.2. The number of aliphatic hydroxyl groups is 1. The number of rotatable bonds is 11. The Labute approximate surface area is 180 Å². The van der Waals surface area contributed by atoms with E-state index in [2.05, 4.69) is 10.6 Å². The maximum absolute atomic E-state index is 12.2. The molecule has 1 amide bonds. The van der Waals surface area contributed by atoms with E-state index in [4.69, 9.17) is 14.2 Å². The summed E-state index contributed by atoms with van der Waals surface area (Å²) in [5.74, 6) is -0.447. The van der Waals surface area contributed by atoms with E-state index < -0.39 is 29.6 Å². The first kappa shape index (κ1) is 24.6. The molecule has 0 bridgehead atoms. The summed E-state index contributed by atoms with van der Waals surface area (Å²) in [6.07, 6.45) is 2.05. The molecule has 7 heteroatoms. The highest BCUT2D eigenvalue weighted by Crippen LogP contribution is 2.24. The fraction of sp³-hybridized carbons (Fsp3) is 0.696. The van der Waals surface area contributed by atoms with Crippen molar-refractivity contribution in [1.82, 2.24) is 10.6 Å². The summed E-state index contributed by atoms with van der Waals surface area (Å²) in [7, 11) is 0. The van der Waals surface area contributed by atoms with Gasteiger partial charge < -0.3 is 30.0 Å². The first-order chi connectivity index (χ1) is 14.2. The lowest BCUT2D eigenvalue weighted by molar-refractivity contribution is -0.147. The molecule has 1 aromatic rings. The lowest BCUT2D eigenvalue weighted by Crippen LogP contribution is -2.50. The third-order valence-electron chi connectivity index (χ3n) is 4.95. The fourth-order valence-electron chi connectivity index (χ4n) is 3.40. The molecule has 1 aliphatic rings. The fourth-order valence-corrected chi connectivity index (χ4v) is 3.40. The molecule has 0 radical (unpaired) electrons. The maximum atomic E-state index is 12.2. The summed E-state index contributed by atoms with van der Waals surface area (Å²) in [6, 6.07) is 9.36. The number of amides is 1. The average Bonchev–Trinajstić information content (AvgIpc) is 3.10. The van der Waals surface area contributed by atoms with Gasteiger partial charge in [-0.3, -0.25) is 0 Å². The minimum atomic E-state index is -0.739. The van der Waals surface area contributed by atoms with Crippen LogP contribution in [0.4, 0.5) is 4.79 Å². The molecule has 3 N–H and O–H groups in total. The van der Waals surface area contributed by atoms with Crippen molar-refractivity contribution < 1.29 is 24.1 Å². The van der Waals surface area contributed by atoms with E-state index in [1.54, 1.807) is 0 Å². The Morgan fingerprint density at radius 1 is 1.20 bits per heavy atom. The molecule has 0 unspecified atom stereocenters. The molecule has 30 heavy (non-hydrogen) atoms. The molecule has 7 nitrogen and oxygen atoms in total. The van der Waals surface area contributed by atoms with Gasteiger partial charge in [0.05, 0.1) is 25.4 Å². The van der Waals surface area contributed by atoms with E-state index in [9.17, 15) is 9.90 Å². The Morgan fingerprint density at radius 3 is 2.50 bits per heavy atom. The zero-order valence-corrected chi connectivity index (χ0v) is 18.8. The van der Waals surface area contributed by atoms with E-state index in [0.29, 0.717) is 26.2 Å². The molecule has 0 aromatic heterocycles. The molecule has 1 heterocycles. The summed E-state index contributed by atoms with van der Waals surface area (Å²) in [5, 5.41) is 16.8. The molecule has 170 valence electrons. The highest BCUT2D eigenvalue weighted by Gasteiger charge is 2.30. The van der Waals surface area contributed by atoms with Crippen LogP contribution in [0.25, 0.3) is 0 Å². The van der Waals surface area contributed by atoms with Crippen molar-refractivity contribution in [2.24, 2.45) is 0 Å². The van der Waals surface area contributed by atoms with Crippen LogP contribution < -0.4 is 10.6 Å². The predicted molar refractivity (Wildman–Crippen MR) is 116 cm³/mol. The second-order valence-electron chi connectivity index (χ2n) is 9.00. The molecule has 0 spiro atoms. The van der Waals surface area contributed by atoms with Crippen LogP contribution in [0, 0.1) is 0 Å². The number of carbonyl (C=O) groups excluding carboxylic acids is 1. The Balaban J connectivity index is 1.77. The smallest absolute Gasteiger partial charge is 0.407 e. The summed E-state index contributed by atoms with van der Waals surface area (Å²) < 4.78 is 16.6. The Kier molecular flexibility index (Phi) is 9.55. The number of unbranched alkanes of at least 4 members (excludes halogenated alkanes) is 1. The topological polar surface area (TPSA) is 89.1 Å². The zero-order valence-electron chi connectivity index (χ0n) is 18.8. The van der Waals surface area contributed by atoms with Gasteiger partial charge in [0.15, 0.2) is 5.79 Å². The minimum Gasteiger partial charge on any atom is -0.444 e. The lowest BCUT2D eigenvalue weighted by Gasteiger charge is -2.27. The predicted octanol–water partition coefficient (Wildman–Crippen LogP) is 3.01. The second-order valence-corrected chi connectivity index (χ2v) is 9.00. The molecular weight excluding hydrogens is 384 g/mol. The van der Waals surface area contributed by atoms with Crippen LogP contribution in [0.5, 0.6) is 0 Å². The molecule has 1 aliphatic heterocycles. The molecular formula is C23H38N2O5. The van der Waals surface area contributed by atoms with Gasteiger partial charge in [-0.25, -0.2) is 4.79 Å². The van der Waals surface area contributed by atoms with Crippen molar-refractivity contribution in [1.29, 1.82) is 0 Å². The normalized spacial score (nSPS) is 18.0. The van der Waals surface area contributed by atoms with Crippen LogP contribution in [0.3, 0.4) is 0 Å². The van der Waals surface area contributed by atoms with Gasteiger partial charge >= 0.3 is 6.09 Å². The second kappa shape index (κ2) is 11.6. The Bertz CT molecular complexity index is 626. The highest BCUT2D eigenvalue weighted by molar-refractivity contribution is 5.68. The first-order valence-corrected chi connectivity index (χ1v) is 10.9. The van der Waals surface area contributed by atoms with Gasteiger partial charge in [0.1, 0.15) is 5.60 Å². The van der Waals surface area contributed by atoms with Gasteiger partial charge in [-0.1, -0.05) is 30.3 Å². The molecule has 1 saturated heterocycles. The van der Waals surface area contributed by atoms with Gasteiger partial charge in [-0.05, 0) is 59.1 Å². The molecule has 0 saturated carbocycles. The van der Waals surface area contributed by atoms with E-state index in [1.807, 2.05) is 58.0 Å². The summed E-state index contributed by atoms with van der Waals surface area (Å²) in [6.45, 7) is 9.92. The van der Waals surface area contributed by atoms with Crippen molar-refractivity contribution in [3.63, 3.8) is 0 Å². The molecule has 1 fully saturated rings. The van der Waals surface area contributed by atoms with Crippen molar-refractivity contribution in [3.8, 4) is 0 Å². The standard InChI is InChI=1S/C23H38N2O5/c1-22(2,3)30-21(27)25-19(16-18-10-6-5-7-11-18)20(26)17-24-13-9-8-12-23(4)28-14-15-29-23/h5-7,10-11,19-20,24,26H,8-9,12-17H2,1-4H3,(H,25,27)/t19-,20+/m0/s1. The van der Waals surface area contributed by atoms with Crippen molar-refractivity contribution in [2.75, 3.05) is 26.3 Å². The molecule has 0 aliphatic carbocycles. The number of hydrogen-bond acceptors (Lipinski definition) is 6. The van der Waals surface area contributed by atoms with Gasteiger partial charge in [-0.15, -0.1) is 0 Å². The van der Waals surface area contributed by atoms with Crippen LogP contribution in [0.1, 0.15) is 52.5 Å². The SMILES string of the molecule is CC(C)(C)OC(=O)N[C@@H](Cc1ccccc1)[C@H](O)CNCCCCC1(C)OCCO1. The van der Waals surface area contributed by atoms with Gasteiger partial charge in [0.25, 0.3) is 0 Å². The van der Waals surface area contributed by atoms with Crippen LogP contribution >= 0.6 is 0 Å².